The molecule has 9 rings (SSSR count). The minimum atomic E-state index is -0.629. The van der Waals surface area contributed by atoms with E-state index in [2.05, 4.69) is 42.5 Å². The molecule has 9 fully saturated rings. The fraction of sp³-hybridized carbons (Fsp3) is 1.00. The summed E-state index contributed by atoms with van der Waals surface area (Å²) in [5, 5.41) is 78.7. The van der Waals surface area contributed by atoms with Crippen LogP contribution in [0.5, 0.6) is 0 Å². The average Bonchev–Trinajstić information content (AvgIpc) is 3.85. The summed E-state index contributed by atoms with van der Waals surface area (Å²) in [6, 6.07) is -2.51. The molecule has 5 saturated heterocycles. The van der Waals surface area contributed by atoms with E-state index in [0.29, 0.717) is 77.0 Å². The van der Waals surface area contributed by atoms with Crippen LogP contribution >= 0.6 is 0 Å². The summed E-state index contributed by atoms with van der Waals surface area (Å²) in [4.78, 5) is 47.5. The second-order valence-electron chi connectivity index (χ2n) is 17.5. The molecule has 0 radical (unpaired) electrons. The molecule has 52 heavy (non-hydrogen) atoms. The molecule has 12 unspecified atom stereocenters. The van der Waals surface area contributed by atoms with Crippen LogP contribution in [0.1, 0.15) is 77.0 Å². The maximum absolute atomic E-state index is 12.0. The van der Waals surface area contributed by atoms with Gasteiger partial charge in [-0.25, -0.2) is 0 Å². The van der Waals surface area contributed by atoms with Gasteiger partial charge >= 0.3 is 0 Å². The molecule has 0 spiro atoms. The van der Waals surface area contributed by atoms with Gasteiger partial charge in [0.2, 0.25) is 24.2 Å². The Kier molecular flexibility index (Phi) is 9.12. The van der Waals surface area contributed by atoms with E-state index in [1.807, 2.05) is 0 Å². The zero-order chi connectivity index (χ0) is 36.0. The van der Waals surface area contributed by atoms with Gasteiger partial charge in [-0.2, -0.15) is 0 Å². The summed E-state index contributed by atoms with van der Waals surface area (Å²) >= 11 is 0. The summed E-state index contributed by atoms with van der Waals surface area (Å²) < 4.78 is 0. The lowest BCUT2D eigenvalue weighted by molar-refractivity contribution is -0.529. The van der Waals surface area contributed by atoms with E-state index in [9.17, 15) is 40.5 Å². The van der Waals surface area contributed by atoms with Gasteiger partial charge < -0.3 is 0 Å². The van der Waals surface area contributed by atoms with Crippen LogP contribution in [0.15, 0.2) is 0 Å². The van der Waals surface area contributed by atoms with E-state index in [1.54, 1.807) is 0 Å². The molecule has 0 aromatic rings. The largest absolute Gasteiger partial charge is 0.286 e. The molecule has 8 N–H and O–H groups in total. The summed E-state index contributed by atoms with van der Waals surface area (Å²) in [6.07, 6.45) is 4.64. The Hall–Kier alpha value is -2.72. The van der Waals surface area contributed by atoms with Crippen LogP contribution in [0.3, 0.4) is 0 Å². The van der Waals surface area contributed by atoms with Crippen molar-refractivity contribution in [2.75, 3.05) is 0 Å². The molecule has 4 saturated carbocycles. The highest BCUT2D eigenvalue weighted by molar-refractivity contribution is 5.09. The SMILES string of the molecule is O=[N+]([O-])C1CCC2C3NC(NC4NC(NC5NC(NC6NC(N3)C3CC([N+](=O)[O-])CCC63)C3CC([N+](=O)[O-])CCC53)C3CC([N+](=O)[O-])CCC43)C2C1. The number of hydrogen-bond donors (Lipinski definition) is 8. The predicted molar refractivity (Wildman–Crippen MR) is 182 cm³/mol. The second kappa shape index (κ2) is 13.5. The molecule has 12 atom stereocenters. The zero-order valence-electron chi connectivity index (χ0n) is 29.1. The van der Waals surface area contributed by atoms with Crippen molar-refractivity contribution in [1.29, 1.82) is 0 Å². The molecule has 0 aromatic carbocycles. The number of fused-ring (bicyclic) bond motifs is 20. The first-order valence-corrected chi connectivity index (χ1v) is 19.6. The standard InChI is InChI=1S/C32H52N12O8/c45-41(46)13-1-5-17-21(9-13)29-33-25(17)37-30-22-10-14(42(47)48)2-6-18(22)27(34-30)39-32-24-12-16(44(51)52)4-8-20(24)28(36-32)40-31-23-11-15(43(49)50)3-7-19(23)26(35-31)38-29/h13-40H,1-12H2. The minimum Gasteiger partial charge on any atom is -0.286 e. The van der Waals surface area contributed by atoms with Crippen LogP contribution in [0.4, 0.5) is 0 Å². The number of nitro groups is 4. The minimum absolute atomic E-state index is 0.0288. The smallest absolute Gasteiger partial charge is 0.213 e. The Labute approximate surface area is 300 Å². The van der Waals surface area contributed by atoms with Gasteiger partial charge in [-0.3, -0.25) is 83.0 Å². The van der Waals surface area contributed by atoms with Crippen LogP contribution in [0.2, 0.25) is 0 Å². The van der Waals surface area contributed by atoms with Crippen LogP contribution in [0.25, 0.3) is 0 Å². The van der Waals surface area contributed by atoms with Crippen LogP contribution in [-0.4, -0.2) is 93.2 Å². The Balaban J connectivity index is 1.06. The first kappa shape index (κ1) is 35.0. The van der Waals surface area contributed by atoms with Gasteiger partial charge in [0.05, 0.1) is 49.3 Å². The van der Waals surface area contributed by atoms with Gasteiger partial charge in [0.25, 0.3) is 0 Å². The molecule has 288 valence electrons. The lowest BCUT2D eigenvalue weighted by Crippen LogP contribution is -2.61. The van der Waals surface area contributed by atoms with E-state index < -0.39 is 24.2 Å². The van der Waals surface area contributed by atoms with Crippen LogP contribution in [0, 0.1) is 87.8 Å². The molecule has 8 bridgehead atoms. The molecule has 20 heteroatoms. The highest BCUT2D eigenvalue weighted by Crippen LogP contribution is 2.46. The van der Waals surface area contributed by atoms with Crippen molar-refractivity contribution < 1.29 is 19.7 Å². The van der Waals surface area contributed by atoms with Gasteiger partial charge in [-0.15, -0.1) is 0 Å². The van der Waals surface area contributed by atoms with Crippen molar-refractivity contribution >= 4 is 0 Å². The number of rotatable bonds is 4. The molecule has 20 nitrogen and oxygen atoms in total. The van der Waals surface area contributed by atoms with E-state index in [-0.39, 0.29) is 116 Å². The van der Waals surface area contributed by atoms with Crippen molar-refractivity contribution in [3.63, 3.8) is 0 Å². The second-order valence-corrected chi connectivity index (χ2v) is 17.5. The monoisotopic (exact) mass is 732 g/mol. The fourth-order valence-electron chi connectivity index (χ4n) is 12.7. The first-order valence-electron chi connectivity index (χ1n) is 19.6. The quantitative estimate of drug-likeness (QED) is 0.135. The first-order chi connectivity index (χ1) is 25.0. The number of nitrogens with zero attached hydrogens (tertiary/aromatic N) is 4. The molecule has 5 heterocycles. The topological polar surface area (TPSA) is 269 Å². The third-order valence-electron chi connectivity index (χ3n) is 15.2. The highest BCUT2D eigenvalue weighted by atomic mass is 16.6. The lowest BCUT2D eigenvalue weighted by atomic mass is 9.74. The Morgan fingerprint density at radius 1 is 0.288 bits per heavy atom. The number of nitrogens with one attached hydrogen (secondary N) is 8. The Bertz CT molecular complexity index is 1240. The predicted octanol–water partition coefficient (Wildman–Crippen LogP) is -0.374. The molecule has 0 amide bonds. The van der Waals surface area contributed by atoms with Crippen molar-refractivity contribution in [2.45, 2.75) is 151 Å². The molecule has 4 aliphatic carbocycles. The normalized spacial score (nSPS) is 52.5. The van der Waals surface area contributed by atoms with Gasteiger partial charge in [0.15, 0.2) is 0 Å². The van der Waals surface area contributed by atoms with E-state index in [1.165, 1.54) is 0 Å². The van der Waals surface area contributed by atoms with E-state index in [0.717, 1.165) is 0 Å². The summed E-state index contributed by atoms with van der Waals surface area (Å²) in [6.45, 7) is 0. The molecule has 0 aromatic heterocycles. The van der Waals surface area contributed by atoms with Gasteiger partial charge in [0, 0.05) is 71.1 Å². The average molecular weight is 733 g/mol. The lowest BCUT2D eigenvalue weighted by Gasteiger charge is -2.36. The van der Waals surface area contributed by atoms with E-state index >= 15 is 0 Å². The molecular formula is C32H52N12O8. The molecule has 9 aliphatic rings. The third-order valence-corrected chi connectivity index (χ3v) is 15.2. The summed E-state index contributed by atoms with van der Waals surface area (Å²) in [5.41, 5.74) is 0. The zero-order valence-corrected chi connectivity index (χ0v) is 29.1. The number of hydrogen-bond acceptors (Lipinski definition) is 16. The van der Waals surface area contributed by atoms with Crippen molar-refractivity contribution in [1.82, 2.24) is 42.5 Å². The fourth-order valence-corrected chi connectivity index (χ4v) is 12.7. The summed E-state index contributed by atoms with van der Waals surface area (Å²) in [5.74, 6) is 0.284. The molecule has 5 aliphatic heterocycles. The Morgan fingerprint density at radius 3 is 0.635 bits per heavy atom. The van der Waals surface area contributed by atoms with Crippen molar-refractivity contribution in [3.8, 4) is 0 Å². The van der Waals surface area contributed by atoms with Gasteiger partial charge in [-0.1, -0.05) is 0 Å². The molecular weight excluding hydrogens is 680 g/mol. The van der Waals surface area contributed by atoms with E-state index in [4.69, 9.17) is 0 Å². The van der Waals surface area contributed by atoms with Crippen LogP contribution < -0.4 is 42.5 Å². The van der Waals surface area contributed by atoms with Gasteiger partial charge in [-0.05, 0) is 73.0 Å². The van der Waals surface area contributed by atoms with Crippen molar-refractivity contribution in [2.24, 2.45) is 47.3 Å². The van der Waals surface area contributed by atoms with Gasteiger partial charge in [0.1, 0.15) is 0 Å². The maximum Gasteiger partial charge on any atom is 0.213 e. The Morgan fingerprint density at radius 2 is 0.462 bits per heavy atom. The van der Waals surface area contributed by atoms with Crippen LogP contribution in [-0.2, 0) is 0 Å². The third kappa shape index (κ3) is 6.06. The summed E-state index contributed by atoms with van der Waals surface area (Å²) in [7, 11) is 0. The highest BCUT2D eigenvalue weighted by Gasteiger charge is 2.58. The maximum atomic E-state index is 12.0. The van der Waals surface area contributed by atoms with Crippen molar-refractivity contribution in [3.05, 3.63) is 40.5 Å².